The quantitative estimate of drug-likeness (QED) is 0.243. The van der Waals surface area contributed by atoms with Crippen molar-refractivity contribution in [1.82, 2.24) is 4.57 Å². The minimum Gasteiger partial charge on any atom is -0.307 e. The Kier molecular flexibility index (Phi) is 5.90. The van der Waals surface area contributed by atoms with Gasteiger partial charge in [0.1, 0.15) is 12.7 Å². The predicted molar refractivity (Wildman–Crippen MR) is 147 cm³/mol. The molecule has 0 fully saturated rings. The number of rotatable bonds is 4. The Morgan fingerprint density at radius 3 is 1.69 bits per heavy atom. The van der Waals surface area contributed by atoms with Crippen LogP contribution in [-0.4, -0.2) is 4.57 Å². The molecular formula is C33H33N2+. The van der Waals surface area contributed by atoms with Crippen molar-refractivity contribution in [2.45, 2.75) is 34.6 Å². The zero-order valence-corrected chi connectivity index (χ0v) is 21.6. The van der Waals surface area contributed by atoms with Gasteiger partial charge < -0.3 is 4.57 Å². The largest absolute Gasteiger partial charge is 0.307 e. The van der Waals surface area contributed by atoms with Gasteiger partial charge in [-0.2, -0.15) is 4.57 Å². The molecule has 2 nitrogen and oxygen atoms in total. The highest BCUT2D eigenvalue weighted by Gasteiger charge is 2.27. The third kappa shape index (κ3) is 3.89. The summed E-state index contributed by atoms with van der Waals surface area (Å²) in [5.41, 5.74) is 15.2. The summed E-state index contributed by atoms with van der Waals surface area (Å²) in [5.74, 6) is 0. The first-order valence-electron chi connectivity index (χ1n) is 12.3. The van der Waals surface area contributed by atoms with Gasteiger partial charge in [0.25, 0.3) is 0 Å². The molecule has 2 aromatic heterocycles. The predicted octanol–water partition coefficient (Wildman–Crippen LogP) is 7.84. The van der Waals surface area contributed by atoms with E-state index in [2.05, 4.69) is 142 Å². The maximum absolute atomic E-state index is 2.50. The van der Waals surface area contributed by atoms with Gasteiger partial charge in [-0.05, 0) is 62.4 Å². The Morgan fingerprint density at radius 2 is 1.14 bits per heavy atom. The van der Waals surface area contributed by atoms with E-state index in [9.17, 15) is 0 Å². The van der Waals surface area contributed by atoms with E-state index in [1.807, 2.05) is 0 Å². The minimum absolute atomic E-state index is 1.22. The monoisotopic (exact) mass is 457 g/mol. The maximum Gasteiger partial charge on any atom is 0.229 e. The highest BCUT2D eigenvalue weighted by Crippen LogP contribution is 2.41. The number of hydrogen-bond acceptors (Lipinski definition) is 0. The van der Waals surface area contributed by atoms with Gasteiger partial charge in [-0.1, -0.05) is 78.9 Å². The number of pyridine rings is 1. The van der Waals surface area contributed by atoms with Crippen molar-refractivity contribution in [3.05, 3.63) is 119 Å². The lowest BCUT2D eigenvalue weighted by Crippen LogP contribution is -2.32. The molecule has 0 saturated heterocycles. The molecule has 0 aliphatic carbocycles. The van der Waals surface area contributed by atoms with Crippen LogP contribution in [-0.2, 0) is 7.05 Å². The molecule has 0 radical (unpaired) electrons. The van der Waals surface area contributed by atoms with E-state index in [1.54, 1.807) is 0 Å². The summed E-state index contributed by atoms with van der Waals surface area (Å²) >= 11 is 0. The summed E-state index contributed by atoms with van der Waals surface area (Å²) in [7, 11) is 2.16. The molecule has 5 aromatic rings. The van der Waals surface area contributed by atoms with Gasteiger partial charge in [-0.3, -0.25) is 0 Å². The summed E-state index contributed by atoms with van der Waals surface area (Å²) in [4.78, 5) is 0. The summed E-state index contributed by atoms with van der Waals surface area (Å²) in [6.07, 6.45) is 2.24. The fourth-order valence-corrected chi connectivity index (χ4v) is 5.14. The van der Waals surface area contributed by atoms with Crippen LogP contribution >= 0.6 is 0 Å². The van der Waals surface area contributed by atoms with E-state index in [0.717, 1.165) is 0 Å². The van der Waals surface area contributed by atoms with Gasteiger partial charge in [0, 0.05) is 28.5 Å². The molecule has 0 aliphatic rings. The maximum atomic E-state index is 2.50. The van der Waals surface area contributed by atoms with Crippen LogP contribution in [0.3, 0.4) is 0 Å². The lowest BCUT2D eigenvalue weighted by molar-refractivity contribution is -0.661. The van der Waals surface area contributed by atoms with Crippen LogP contribution in [0.1, 0.15) is 27.9 Å². The minimum atomic E-state index is 1.22. The van der Waals surface area contributed by atoms with E-state index in [4.69, 9.17) is 0 Å². The van der Waals surface area contributed by atoms with Gasteiger partial charge in [0.2, 0.25) is 5.69 Å². The zero-order valence-electron chi connectivity index (χ0n) is 21.6. The first-order valence-corrected chi connectivity index (χ1v) is 12.3. The summed E-state index contributed by atoms with van der Waals surface area (Å²) in [6, 6.07) is 30.5. The van der Waals surface area contributed by atoms with E-state index in [0.29, 0.717) is 0 Å². The summed E-state index contributed by atoms with van der Waals surface area (Å²) < 4.78 is 4.77. The number of aryl methyl sites for hydroxylation is 3. The lowest BCUT2D eigenvalue weighted by atomic mass is 9.95. The molecule has 3 aromatic carbocycles. The normalized spacial score (nSPS) is 11.1. The highest BCUT2D eigenvalue weighted by atomic mass is 15.1. The molecule has 0 amide bonds. The number of nitrogens with zero attached hydrogens (tertiary/aromatic N) is 2. The molecule has 2 heterocycles. The Hall–Kier alpha value is -3.91. The third-order valence-electron chi connectivity index (χ3n) is 7.43. The molecule has 0 saturated carbocycles. The first-order chi connectivity index (χ1) is 16.9. The van der Waals surface area contributed by atoms with Crippen LogP contribution in [0.4, 0.5) is 0 Å². The summed E-state index contributed by atoms with van der Waals surface area (Å²) in [5, 5.41) is 0. The van der Waals surface area contributed by atoms with Crippen LogP contribution in [0, 0.1) is 34.6 Å². The van der Waals surface area contributed by atoms with Crippen LogP contribution < -0.4 is 4.57 Å². The molecule has 2 heteroatoms. The van der Waals surface area contributed by atoms with Crippen LogP contribution in [0.5, 0.6) is 0 Å². The molecule has 0 N–H and O–H groups in total. The second-order valence-electron chi connectivity index (χ2n) is 9.59. The Balaban J connectivity index is 1.93. The first kappa shape index (κ1) is 22.9. The van der Waals surface area contributed by atoms with Crippen LogP contribution in [0.2, 0.25) is 0 Å². The van der Waals surface area contributed by atoms with Crippen LogP contribution in [0.25, 0.3) is 39.3 Å². The number of hydrogen-bond donors (Lipinski definition) is 0. The van der Waals surface area contributed by atoms with Crippen LogP contribution in [0.15, 0.2) is 91.1 Å². The molecule has 0 atom stereocenters. The lowest BCUT2D eigenvalue weighted by Gasteiger charge is -2.21. The van der Waals surface area contributed by atoms with Gasteiger partial charge in [0.15, 0.2) is 6.20 Å². The molecule has 0 unspecified atom stereocenters. The number of benzene rings is 3. The molecule has 5 rings (SSSR count). The Bertz CT molecular complexity index is 1470. The topological polar surface area (TPSA) is 8.81 Å². The molecule has 0 aliphatic heterocycles. The van der Waals surface area contributed by atoms with Crippen molar-refractivity contribution in [1.29, 1.82) is 0 Å². The van der Waals surface area contributed by atoms with Crippen molar-refractivity contribution in [3.8, 4) is 39.3 Å². The molecule has 174 valence electrons. The molecule has 35 heavy (non-hydrogen) atoms. The van der Waals surface area contributed by atoms with Gasteiger partial charge in [0.05, 0.1) is 5.69 Å². The summed E-state index contributed by atoms with van der Waals surface area (Å²) in [6.45, 7) is 11.1. The highest BCUT2D eigenvalue weighted by molar-refractivity contribution is 5.87. The van der Waals surface area contributed by atoms with E-state index in [1.165, 1.54) is 67.3 Å². The van der Waals surface area contributed by atoms with Gasteiger partial charge in [-0.25, -0.2) is 0 Å². The van der Waals surface area contributed by atoms with Crippen molar-refractivity contribution >= 4 is 0 Å². The third-order valence-corrected chi connectivity index (χ3v) is 7.43. The molecule has 0 spiro atoms. The SMILES string of the molecule is Cc1cc(-c2c(C)c(C)c(C)n2-c2c(-c3ccccc3)cccc2-c2ccccc2)[n+](C)cc1C. The standard InChI is InChI=1S/C33H33N2/c1-22-20-31(34(6)21-23(22)2)32-25(4)24(3)26(5)35(32)33-29(27-14-9-7-10-15-27)18-13-19-30(33)28-16-11-8-12-17-28/h7-21H,1-6H3/q+1. The van der Waals surface area contributed by atoms with E-state index < -0.39 is 0 Å². The van der Waals surface area contributed by atoms with Crippen molar-refractivity contribution in [2.24, 2.45) is 7.05 Å². The molecular weight excluding hydrogens is 424 g/mol. The molecule has 0 bridgehead atoms. The average Bonchev–Trinajstić information content (AvgIpc) is 3.10. The number of para-hydroxylation sites is 1. The fraction of sp³-hybridized carbons (Fsp3) is 0.182. The van der Waals surface area contributed by atoms with Crippen molar-refractivity contribution < 1.29 is 4.57 Å². The second-order valence-corrected chi connectivity index (χ2v) is 9.59. The zero-order chi connectivity index (χ0) is 24.7. The average molecular weight is 458 g/mol. The van der Waals surface area contributed by atoms with E-state index >= 15 is 0 Å². The number of aromatic nitrogens is 2. The van der Waals surface area contributed by atoms with Crippen molar-refractivity contribution in [3.63, 3.8) is 0 Å². The second kappa shape index (κ2) is 9.03. The van der Waals surface area contributed by atoms with Gasteiger partial charge >= 0.3 is 0 Å². The Labute approximate surface area is 209 Å². The fourth-order valence-electron chi connectivity index (χ4n) is 5.14. The Morgan fingerprint density at radius 1 is 0.600 bits per heavy atom. The van der Waals surface area contributed by atoms with Gasteiger partial charge in [-0.15, -0.1) is 0 Å². The smallest absolute Gasteiger partial charge is 0.229 e. The van der Waals surface area contributed by atoms with Crippen molar-refractivity contribution in [2.75, 3.05) is 0 Å². The van der Waals surface area contributed by atoms with E-state index in [-0.39, 0.29) is 0 Å².